The van der Waals surface area contributed by atoms with Crippen LogP contribution in [0.2, 0.25) is 0 Å². The lowest BCUT2D eigenvalue weighted by molar-refractivity contribution is -0.113. The zero-order chi connectivity index (χ0) is 8.97. The maximum atomic E-state index is 10.9. The number of benzene rings is 1. The second-order valence-corrected chi connectivity index (χ2v) is 2.99. The molecule has 0 saturated heterocycles. The summed E-state index contributed by atoms with van der Waals surface area (Å²) >= 11 is 1.99. The Morgan fingerprint density at radius 3 is 2.50 bits per heavy atom. The van der Waals surface area contributed by atoms with Crippen molar-refractivity contribution in [2.45, 2.75) is 0 Å². The molecular formula is C8H8INO2. The van der Waals surface area contributed by atoms with Crippen LogP contribution in [-0.2, 0) is 4.79 Å². The van der Waals surface area contributed by atoms with Gasteiger partial charge < -0.3 is 10.4 Å². The topological polar surface area (TPSA) is 49.3 Å². The van der Waals surface area contributed by atoms with Crippen LogP contribution >= 0.6 is 22.6 Å². The summed E-state index contributed by atoms with van der Waals surface area (Å²) in [6, 6.07) is 6.37. The standard InChI is InChI=1S/C8H8INO2/c9-5-8(12)10-6-1-3-7(11)4-2-6/h1-4,11H,5H2,(H,10,12). The molecule has 0 aromatic heterocycles. The lowest BCUT2D eigenvalue weighted by Gasteiger charge is -2.01. The molecule has 1 aromatic rings. The molecule has 0 heterocycles. The van der Waals surface area contributed by atoms with Gasteiger partial charge in [-0.05, 0) is 24.3 Å². The van der Waals surface area contributed by atoms with Gasteiger partial charge in [0.05, 0.1) is 4.43 Å². The van der Waals surface area contributed by atoms with E-state index in [1.807, 2.05) is 22.6 Å². The zero-order valence-corrected chi connectivity index (χ0v) is 8.41. The molecule has 64 valence electrons. The summed E-state index contributed by atoms with van der Waals surface area (Å²) in [6.07, 6.45) is 0. The summed E-state index contributed by atoms with van der Waals surface area (Å²) < 4.78 is 0.429. The van der Waals surface area contributed by atoms with Crippen molar-refractivity contribution < 1.29 is 9.90 Å². The molecular weight excluding hydrogens is 269 g/mol. The van der Waals surface area contributed by atoms with Crippen LogP contribution in [-0.4, -0.2) is 15.4 Å². The predicted octanol–water partition coefficient (Wildman–Crippen LogP) is 1.77. The molecule has 1 amide bonds. The van der Waals surface area contributed by atoms with Gasteiger partial charge in [0.2, 0.25) is 5.91 Å². The van der Waals surface area contributed by atoms with Crippen molar-refractivity contribution in [3.05, 3.63) is 24.3 Å². The fourth-order valence-corrected chi connectivity index (χ4v) is 0.930. The molecule has 0 saturated carbocycles. The van der Waals surface area contributed by atoms with E-state index < -0.39 is 0 Å². The van der Waals surface area contributed by atoms with Gasteiger partial charge in [0, 0.05) is 5.69 Å². The fraction of sp³-hybridized carbons (Fsp3) is 0.125. The summed E-state index contributed by atoms with van der Waals surface area (Å²) in [5, 5.41) is 11.6. The quantitative estimate of drug-likeness (QED) is 0.491. The Kier molecular flexibility index (Phi) is 3.33. The Hall–Kier alpha value is -0.780. The van der Waals surface area contributed by atoms with Crippen LogP contribution in [0, 0.1) is 0 Å². The maximum Gasteiger partial charge on any atom is 0.234 e. The normalized spacial score (nSPS) is 9.42. The number of hydrogen-bond acceptors (Lipinski definition) is 2. The number of anilines is 1. The highest BCUT2D eigenvalue weighted by molar-refractivity contribution is 14.1. The fourth-order valence-electron chi connectivity index (χ4n) is 0.739. The molecule has 0 fully saturated rings. The third-order valence-electron chi connectivity index (χ3n) is 1.27. The van der Waals surface area contributed by atoms with Gasteiger partial charge in [0.25, 0.3) is 0 Å². The number of aromatic hydroxyl groups is 1. The van der Waals surface area contributed by atoms with E-state index in [0.29, 0.717) is 10.1 Å². The molecule has 0 unspecified atom stereocenters. The number of phenolic OH excluding ortho intramolecular Hbond substituents is 1. The Morgan fingerprint density at radius 1 is 1.42 bits per heavy atom. The summed E-state index contributed by atoms with van der Waals surface area (Å²) in [6.45, 7) is 0. The second-order valence-electron chi connectivity index (χ2n) is 2.23. The van der Waals surface area contributed by atoms with Crippen molar-refractivity contribution in [3.8, 4) is 5.75 Å². The number of carbonyl (C=O) groups is 1. The van der Waals surface area contributed by atoms with Crippen LogP contribution in [0.3, 0.4) is 0 Å². The minimum atomic E-state index is -0.0405. The van der Waals surface area contributed by atoms with Crippen LogP contribution in [0.1, 0.15) is 0 Å². The molecule has 0 spiro atoms. The highest BCUT2D eigenvalue weighted by Crippen LogP contribution is 2.13. The molecule has 3 nitrogen and oxygen atoms in total. The van der Waals surface area contributed by atoms with Gasteiger partial charge in [0.1, 0.15) is 5.75 Å². The summed E-state index contributed by atoms with van der Waals surface area (Å²) in [5.41, 5.74) is 0.703. The molecule has 0 radical (unpaired) electrons. The van der Waals surface area contributed by atoms with E-state index in [1.54, 1.807) is 12.1 Å². The zero-order valence-electron chi connectivity index (χ0n) is 6.25. The molecule has 1 rings (SSSR count). The molecule has 4 heteroatoms. The highest BCUT2D eigenvalue weighted by atomic mass is 127. The molecule has 0 bridgehead atoms. The van der Waals surface area contributed by atoms with Crippen molar-refractivity contribution in [1.29, 1.82) is 0 Å². The lowest BCUT2D eigenvalue weighted by Crippen LogP contribution is -2.11. The Labute approximate surface area is 83.9 Å². The first-order valence-electron chi connectivity index (χ1n) is 3.37. The number of amides is 1. The molecule has 1 aromatic carbocycles. The Morgan fingerprint density at radius 2 is 2.00 bits per heavy atom. The third kappa shape index (κ3) is 2.69. The van der Waals surface area contributed by atoms with Crippen LogP contribution in [0.15, 0.2) is 24.3 Å². The molecule has 0 atom stereocenters. The largest absolute Gasteiger partial charge is 0.508 e. The average molecular weight is 277 g/mol. The van der Waals surface area contributed by atoms with E-state index in [1.165, 1.54) is 12.1 Å². The van der Waals surface area contributed by atoms with Crippen molar-refractivity contribution in [1.82, 2.24) is 0 Å². The van der Waals surface area contributed by atoms with Gasteiger partial charge >= 0.3 is 0 Å². The molecule has 0 aliphatic rings. The summed E-state index contributed by atoms with van der Waals surface area (Å²) in [4.78, 5) is 10.9. The summed E-state index contributed by atoms with van der Waals surface area (Å²) in [7, 11) is 0. The van der Waals surface area contributed by atoms with Crippen molar-refractivity contribution in [3.63, 3.8) is 0 Å². The van der Waals surface area contributed by atoms with Crippen LogP contribution in [0.25, 0.3) is 0 Å². The summed E-state index contributed by atoms with van der Waals surface area (Å²) in [5.74, 6) is 0.156. The van der Waals surface area contributed by atoms with Crippen molar-refractivity contribution >= 4 is 34.2 Å². The van der Waals surface area contributed by atoms with Crippen molar-refractivity contribution in [2.75, 3.05) is 9.74 Å². The van der Waals surface area contributed by atoms with Crippen LogP contribution in [0.5, 0.6) is 5.75 Å². The lowest BCUT2D eigenvalue weighted by atomic mass is 10.3. The molecule has 0 aliphatic heterocycles. The molecule has 12 heavy (non-hydrogen) atoms. The monoisotopic (exact) mass is 277 g/mol. The SMILES string of the molecule is O=C(CI)Nc1ccc(O)cc1. The van der Waals surface area contributed by atoms with Gasteiger partial charge in [-0.2, -0.15) is 0 Å². The highest BCUT2D eigenvalue weighted by Gasteiger charge is 1.98. The first-order valence-corrected chi connectivity index (χ1v) is 4.90. The van der Waals surface area contributed by atoms with Gasteiger partial charge in [-0.1, -0.05) is 22.6 Å². The van der Waals surface area contributed by atoms with Crippen molar-refractivity contribution in [2.24, 2.45) is 0 Å². The predicted molar refractivity (Wildman–Crippen MR) is 55.6 cm³/mol. The minimum absolute atomic E-state index is 0.0405. The van der Waals surface area contributed by atoms with E-state index in [2.05, 4.69) is 5.32 Å². The second kappa shape index (κ2) is 4.30. The third-order valence-corrected chi connectivity index (χ3v) is 1.97. The number of alkyl halides is 1. The number of halogens is 1. The number of nitrogens with one attached hydrogen (secondary N) is 1. The van der Waals surface area contributed by atoms with E-state index in [9.17, 15) is 4.79 Å². The number of carbonyl (C=O) groups excluding carboxylic acids is 1. The van der Waals surface area contributed by atoms with Gasteiger partial charge in [-0.25, -0.2) is 0 Å². The van der Waals surface area contributed by atoms with Gasteiger partial charge in [-0.3, -0.25) is 4.79 Å². The minimum Gasteiger partial charge on any atom is -0.508 e. The Balaban J connectivity index is 2.64. The number of rotatable bonds is 2. The van der Waals surface area contributed by atoms with E-state index in [0.717, 1.165) is 0 Å². The van der Waals surface area contributed by atoms with Gasteiger partial charge in [0.15, 0.2) is 0 Å². The van der Waals surface area contributed by atoms with Crippen LogP contribution < -0.4 is 5.32 Å². The molecule has 2 N–H and O–H groups in total. The van der Waals surface area contributed by atoms with E-state index >= 15 is 0 Å². The van der Waals surface area contributed by atoms with Gasteiger partial charge in [-0.15, -0.1) is 0 Å². The average Bonchev–Trinajstić information content (AvgIpc) is 2.09. The number of hydrogen-bond donors (Lipinski definition) is 2. The van der Waals surface area contributed by atoms with E-state index in [4.69, 9.17) is 5.11 Å². The smallest absolute Gasteiger partial charge is 0.234 e. The van der Waals surface area contributed by atoms with Crippen LogP contribution in [0.4, 0.5) is 5.69 Å². The first kappa shape index (κ1) is 9.31. The Bertz CT molecular complexity index is 271. The van der Waals surface area contributed by atoms with E-state index in [-0.39, 0.29) is 11.7 Å². The first-order chi connectivity index (χ1) is 5.72. The molecule has 0 aliphatic carbocycles. The maximum absolute atomic E-state index is 10.9. The number of phenols is 1.